The fraction of sp³-hybridized carbons (Fsp3) is 0.600. The molecule has 2 heteroatoms. The van der Waals surface area contributed by atoms with Gasteiger partial charge in [0.05, 0.1) is 11.7 Å². The predicted octanol–water partition coefficient (Wildman–Crippen LogP) is 2.78. The minimum atomic E-state index is -0.412. The molecule has 0 spiro atoms. The van der Waals surface area contributed by atoms with Crippen LogP contribution in [0.4, 0.5) is 0 Å². The lowest BCUT2D eigenvalue weighted by molar-refractivity contribution is -0.0768. The van der Waals surface area contributed by atoms with Gasteiger partial charge >= 0.3 is 0 Å². The zero-order chi connectivity index (χ0) is 12.5. The molecule has 2 unspecified atom stereocenters. The van der Waals surface area contributed by atoms with Gasteiger partial charge in [0.1, 0.15) is 0 Å². The smallest absolute Gasteiger partial charge is 0.0916 e. The maximum atomic E-state index is 10.4. The van der Waals surface area contributed by atoms with E-state index in [0.29, 0.717) is 6.42 Å². The predicted molar refractivity (Wildman–Crippen MR) is 69.2 cm³/mol. The van der Waals surface area contributed by atoms with Crippen LogP contribution in [0.2, 0.25) is 0 Å². The molecule has 1 fully saturated rings. The quantitative estimate of drug-likeness (QED) is 0.871. The summed E-state index contributed by atoms with van der Waals surface area (Å²) in [4.78, 5) is 0. The lowest BCUT2D eigenvalue weighted by atomic mass is 9.89. The molecule has 2 rings (SSSR count). The lowest BCUT2D eigenvalue weighted by Gasteiger charge is -2.29. The Balaban J connectivity index is 2.12. The van der Waals surface area contributed by atoms with Gasteiger partial charge in [0.2, 0.25) is 0 Å². The minimum Gasteiger partial charge on any atom is -0.390 e. The molecule has 94 valence electrons. The third-order valence-electron chi connectivity index (χ3n) is 3.87. The number of benzene rings is 1. The van der Waals surface area contributed by atoms with Gasteiger partial charge in [-0.3, -0.25) is 0 Å². The van der Waals surface area contributed by atoms with E-state index in [2.05, 4.69) is 32.0 Å². The van der Waals surface area contributed by atoms with Gasteiger partial charge in [-0.15, -0.1) is 0 Å². The molecule has 0 saturated carbocycles. The molecule has 2 atom stereocenters. The van der Waals surface area contributed by atoms with Gasteiger partial charge in [0.15, 0.2) is 0 Å². The SMILES string of the molecule is Cc1ccc(C)c(CC(O)C2(C)CCCO2)c1. The molecule has 1 aliphatic rings. The van der Waals surface area contributed by atoms with Crippen LogP contribution < -0.4 is 0 Å². The van der Waals surface area contributed by atoms with Crippen molar-refractivity contribution in [3.05, 3.63) is 34.9 Å². The van der Waals surface area contributed by atoms with Crippen LogP contribution in [0.15, 0.2) is 18.2 Å². The van der Waals surface area contributed by atoms with Gasteiger partial charge in [-0.2, -0.15) is 0 Å². The first-order chi connectivity index (χ1) is 8.01. The van der Waals surface area contributed by atoms with Gasteiger partial charge in [-0.25, -0.2) is 0 Å². The highest BCUT2D eigenvalue weighted by Gasteiger charge is 2.37. The van der Waals surface area contributed by atoms with Gasteiger partial charge in [-0.1, -0.05) is 23.8 Å². The number of rotatable bonds is 3. The Hall–Kier alpha value is -0.860. The molecule has 1 aromatic rings. The molecule has 0 aromatic heterocycles. The summed E-state index contributed by atoms with van der Waals surface area (Å²) in [6.07, 6.45) is 2.29. The van der Waals surface area contributed by atoms with Gasteiger partial charge < -0.3 is 9.84 Å². The normalized spacial score (nSPS) is 26.1. The fourth-order valence-electron chi connectivity index (χ4n) is 2.51. The Kier molecular flexibility index (Phi) is 3.55. The molecular weight excluding hydrogens is 212 g/mol. The van der Waals surface area contributed by atoms with Crippen LogP contribution in [0.1, 0.15) is 36.5 Å². The number of hydrogen-bond acceptors (Lipinski definition) is 2. The van der Waals surface area contributed by atoms with E-state index < -0.39 is 6.10 Å². The van der Waals surface area contributed by atoms with E-state index in [0.717, 1.165) is 19.4 Å². The van der Waals surface area contributed by atoms with Gasteiger partial charge in [-0.05, 0) is 44.7 Å². The van der Waals surface area contributed by atoms with Crippen molar-refractivity contribution in [1.29, 1.82) is 0 Å². The average molecular weight is 234 g/mol. The summed E-state index contributed by atoms with van der Waals surface area (Å²) in [5.41, 5.74) is 3.37. The third kappa shape index (κ3) is 2.70. The summed E-state index contributed by atoms with van der Waals surface area (Å²) in [6, 6.07) is 6.39. The molecule has 1 aromatic carbocycles. The zero-order valence-electron chi connectivity index (χ0n) is 11.0. The van der Waals surface area contributed by atoms with E-state index in [-0.39, 0.29) is 5.60 Å². The molecular formula is C15H22O2. The van der Waals surface area contributed by atoms with Gasteiger partial charge in [0, 0.05) is 13.0 Å². The Morgan fingerprint density at radius 1 is 1.41 bits per heavy atom. The van der Waals surface area contributed by atoms with E-state index >= 15 is 0 Å². The van der Waals surface area contributed by atoms with Gasteiger partial charge in [0.25, 0.3) is 0 Å². The summed E-state index contributed by atoms with van der Waals surface area (Å²) in [6.45, 7) is 6.98. The van der Waals surface area contributed by atoms with Crippen molar-refractivity contribution < 1.29 is 9.84 Å². The van der Waals surface area contributed by atoms with Crippen molar-refractivity contribution in [1.82, 2.24) is 0 Å². The maximum absolute atomic E-state index is 10.4. The van der Waals surface area contributed by atoms with Crippen molar-refractivity contribution in [3.8, 4) is 0 Å². The van der Waals surface area contributed by atoms with E-state index in [4.69, 9.17) is 4.74 Å². The number of aliphatic hydroxyl groups excluding tert-OH is 1. The highest BCUT2D eigenvalue weighted by molar-refractivity contribution is 5.31. The zero-order valence-corrected chi connectivity index (χ0v) is 11.0. The summed E-state index contributed by atoms with van der Waals surface area (Å²) in [5, 5.41) is 10.4. The largest absolute Gasteiger partial charge is 0.390 e. The molecule has 1 saturated heterocycles. The van der Waals surface area contributed by atoms with E-state index in [1.54, 1.807) is 0 Å². The molecule has 17 heavy (non-hydrogen) atoms. The Morgan fingerprint density at radius 2 is 2.18 bits per heavy atom. The lowest BCUT2D eigenvalue weighted by Crippen LogP contribution is -2.40. The maximum Gasteiger partial charge on any atom is 0.0916 e. The Labute approximate surface area is 104 Å². The molecule has 0 bridgehead atoms. The Bertz CT molecular complexity index is 392. The molecule has 2 nitrogen and oxygen atoms in total. The van der Waals surface area contributed by atoms with Crippen LogP contribution in [0, 0.1) is 13.8 Å². The average Bonchev–Trinajstić information content (AvgIpc) is 2.72. The summed E-state index contributed by atoms with van der Waals surface area (Å²) >= 11 is 0. The molecule has 0 aliphatic carbocycles. The van der Waals surface area contributed by atoms with E-state index in [1.807, 2.05) is 6.92 Å². The summed E-state index contributed by atoms with van der Waals surface area (Å²) in [7, 11) is 0. The van der Waals surface area contributed by atoms with E-state index in [9.17, 15) is 5.11 Å². The van der Waals surface area contributed by atoms with E-state index in [1.165, 1.54) is 16.7 Å². The minimum absolute atomic E-state index is 0.351. The molecule has 1 N–H and O–H groups in total. The number of aliphatic hydroxyl groups is 1. The summed E-state index contributed by atoms with van der Waals surface area (Å²) < 4.78 is 5.69. The van der Waals surface area contributed by atoms with Crippen LogP contribution in [-0.2, 0) is 11.2 Å². The second-order valence-corrected chi connectivity index (χ2v) is 5.41. The van der Waals surface area contributed by atoms with Crippen LogP contribution in [-0.4, -0.2) is 23.4 Å². The number of aryl methyl sites for hydroxylation is 2. The van der Waals surface area contributed by atoms with Crippen molar-refractivity contribution in [2.45, 2.75) is 51.7 Å². The highest BCUT2D eigenvalue weighted by atomic mass is 16.5. The van der Waals surface area contributed by atoms with Crippen molar-refractivity contribution in [2.24, 2.45) is 0 Å². The molecule has 0 amide bonds. The molecule has 1 heterocycles. The van der Waals surface area contributed by atoms with Crippen LogP contribution in [0.5, 0.6) is 0 Å². The summed E-state index contributed by atoms with van der Waals surface area (Å²) in [5.74, 6) is 0. The standard InChI is InChI=1S/C15H22O2/c1-11-5-6-12(2)13(9-11)10-14(16)15(3)7-4-8-17-15/h5-6,9,14,16H,4,7-8,10H2,1-3H3. The highest BCUT2D eigenvalue weighted by Crippen LogP contribution is 2.30. The first kappa shape index (κ1) is 12.6. The second-order valence-electron chi connectivity index (χ2n) is 5.41. The monoisotopic (exact) mass is 234 g/mol. The van der Waals surface area contributed by atoms with Crippen molar-refractivity contribution >= 4 is 0 Å². The molecule has 1 aliphatic heterocycles. The van der Waals surface area contributed by atoms with Crippen LogP contribution >= 0.6 is 0 Å². The number of ether oxygens (including phenoxy) is 1. The second kappa shape index (κ2) is 4.79. The van der Waals surface area contributed by atoms with Crippen LogP contribution in [0.25, 0.3) is 0 Å². The fourth-order valence-corrected chi connectivity index (χ4v) is 2.51. The topological polar surface area (TPSA) is 29.5 Å². The van der Waals surface area contributed by atoms with Crippen molar-refractivity contribution in [2.75, 3.05) is 6.61 Å². The first-order valence-electron chi connectivity index (χ1n) is 6.39. The number of hydrogen-bond donors (Lipinski definition) is 1. The van der Waals surface area contributed by atoms with Crippen molar-refractivity contribution in [3.63, 3.8) is 0 Å². The van der Waals surface area contributed by atoms with Crippen LogP contribution in [0.3, 0.4) is 0 Å². The third-order valence-corrected chi connectivity index (χ3v) is 3.87. The first-order valence-corrected chi connectivity index (χ1v) is 6.39. The Morgan fingerprint density at radius 3 is 2.82 bits per heavy atom. The molecule has 0 radical (unpaired) electrons.